The highest BCUT2D eigenvalue weighted by Crippen LogP contribution is 2.26. The van der Waals surface area contributed by atoms with Crippen molar-refractivity contribution in [3.63, 3.8) is 0 Å². The van der Waals surface area contributed by atoms with Crippen LogP contribution in [0.3, 0.4) is 0 Å². The summed E-state index contributed by atoms with van der Waals surface area (Å²) in [5.41, 5.74) is 2.37. The van der Waals surface area contributed by atoms with E-state index in [9.17, 15) is 14.4 Å². The smallest absolute Gasteiger partial charge is 0.271 e. The van der Waals surface area contributed by atoms with Gasteiger partial charge in [-0.3, -0.25) is 14.4 Å². The average molecular weight is 532 g/mol. The van der Waals surface area contributed by atoms with Gasteiger partial charge in [-0.05, 0) is 36.4 Å². The zero-order valence-corrected chi connectivity index (χ0v) is 21.5. The summed E-state index contributed by atoms with van der Waals surface area (Å²) in [6, 6.07) is 21.2. The fourth-order valence-electron chi connectivity index (χ4n) is 3.63. The predicted octanol–water partition coefficient (Wildman–Crippen LogP) is 3.75. The van der Waals surface area contributed by atoms with Gasteiger partial charge < -0.3 is 21.3 Å². The van der Waals surface area contributed by atoms with Crippen molar-refractivity contribution in [1.29, 1.82) is 0 Å². The largest absolute Gasteiger partial charge is 0.373 e. The van der Waals surface area contributed by atoms with Crippen molar-refractivity contribution >= 4 is 41.0 Å². The van der Waals surface area contributed by atoms with Gasteiger partial charge in [0, 0.05) is 38.7 Å². The maximum absolute atomic E-state index is 13.4. The number of amides is 3. The number of rotatable bonds is 9. The zero-order valence-electron chi connectivity index (χ0n) is 20.8. The van der Waals surface area contributed by atoms with Gasteiger partial charge in [-0.25, -0.2) is 9.67 Å². The van der Waals surface area contributed by atoms with E-state index in [0.29, 0.717) is 22.8 Å². The quantitative estimate of drug-likeness (QED) is 0.243. The maximum Gasteiger partial charge on any atom is 0.271 e. The molecule has 10 nitrogen and oxygen atoms in total. The Kier molecular flexibility index (Phi) is 8.34. The van der Waals surface area contributed by atoms with Gasteiger partial charge in [0.1, 0.15) is 11.6 Å². The van der Waals surface area contributed by atoms with Crippen molar-refractivity contribution in [2.45, 2.75) is 6.92 Å². The van der Waals surface area contributed by atoms with E-state index in [1.165, 1.54) is 17.7 Å². The van der Waals surface area contributed by atoms with Crippen LogP contribution in [0.2, 0.25) is 5.02 Å². The van der Waals surface area contributed by atoms with Gasteiger partial charge in [0.2, 0.25) is 5.91 Å². The number of hydrogen-bond donors (Lipinski definition) is 4. The lowest BCUT2D eigenvalue weighted by Gasteiger charge is -2.11. The van der Waals surface area contributed by atoms with Crippen LogP contribution >= 0.6 is 11.6 Å². The molecule has 0 aliphatic rings. The Labute approximate surface area is 224 Å². The molecule has 0 aliphatic heterocycles. The summed E-state index contributed by atoms with van der Waals surface area (Å²) in [5, 5.41) is 15.8. The van der Waals surface area contributed by atoms with Gasteiger partial charge in [-0.2, -0.15) is 5.10 Å². The number of hydrogen-bond acceptors (Lipinski definition) is 6. The minimum absolute atomic E-state index is 0.0971. The van der Waals surface area contributed by atoms with E-state index >= 15 is 0 Å². The molecule has 38 heavy (non-hydrogen) atoms. The second kappa shape index (κ2) is 12.0. The Morgan fingerprint density at radius 1 is 0.895 bits per heavy atom. The summed E-state index contributed by atoms with van der Waals surface area (Å²) in [5.74, 6) is -0.138. The highest BCUT2D eigenvalue weighted by molar-refractivity contribution is 6.34. The lowest BCUT2D eigenvalue weighted by Crippen LogP contribution is -2.33. The summed E-state index contributed by atoms with van der Waals surface area (Å²) < 4.78 is 1.47. The molecule has 0 bridgehead atoms. The molecule has 0 aliphatic carbocycles. The van der Waals surface area contributed by atoms with Crippen molar-refractivity contribution in [3.05, 3.63) is 89.1 Å². The van der Waals surface area contributed by atoms with Crippen LogP contribution in [0.25, 0.3) is 16.9 Å². The summed E-state index contributed by atoms with van der Waals surface area (Å²) in [6.45, 7) is 1.91. The van der Waals surface area contributed by atoms with Crippen LogP contribution in [0.4, 0.5) is 11.6 Å². The number of carbonyl (C=O) groups is 3. The van der Waals surface area contributed by atoms with Crippen LogP contribution in [0, 0.1) is 0 Å². The first-order valence-corrected chi connectivity index (χ1v) is 12.2. The molecule has 3 amide bonds. The fraction of sp³-hybridized carbons (Fsp3) is 0.148. The summed E-state index contributed by atoms with van der Waals surface area (Å²) in [4.78, 5) is 41.6. The lowest BCUT2D eigenvalue weighted by molar-refractivity contribution is -0.118. The Hall–Kier alpha value is -4.70. The van der Waals surface area contributed by atoms with E-state index in [1.807, 2.05) is 36.4 Å². The minimum atomic E-state index is -0.476. The maximum atomic E-state index is 13.4. The molecule has 11 heteroatoms. The van der Waals surface area contributed by atoms with Crippen LogP contribution in [0.5, 0.6) is 0 Å². The highest BCUT2D eigenvalue weighted by atomic mass is 35.5. The lowest BCUT2D eigenvalue weighted by atomic mass is 10.1. The van der Waals surface area contributed by atoms with E-state index in [-0.39, 0.29) is 41.1 Å². The summed E-state index contributed by atoms with van der Waals surface area (Å²) in [6.07, 6.45) is 0. The van der Waals surface area contributed by atoms with Gasteiger partial charge >= 0.3 is 0 Å². The third-order valence-electron chi connectivity index (χ3n) is 5.48. The second-order valence-corrected chi connectivity index (χ2v) is 8.62. The molecule has 4 aromatic rings. The van der Waals surface area contributed by atoms with Gasteiger partial charge in [0.25, 0.3) is 11.8 Å². The molecule has 0 fully saturated rings. The first-order chi connectivity index (χ1) is 18.4. The number of para-hydroxylation sites is 1. The Morgan fingerprint density at radius 3 is 2.39 bits per heavy atom. The average Bonchev–Trinajstić information content (AvgIpc) is 3.35. The topological polar surface area (TPSA) is 130 Å². The highest BCUT2D eigenvalue weighted by Gasteiger charge is 2.19. The van der Waals surface area contributed by atoms with Crippen LogP contribution < -0.4 is 21.3 Å². The number of nitrogens with one attached hydrogen (secondary N) is 4. The first-order valence-electron chi connectivity index (χ1n) is 11.8. The van der Waals surface area contributed by atoms with Crippen molar-refractivity contribution in [3.8, 4) is 16.9 Å². The Bertz CT molecular complexity index is 1470. The molecule has 0 unspecified atom stereocenters. The fourth-order valence-corrected chi connectivity index (χ4v) is 3.83. The standard InChI is InChI=1S/C27H26ClN7O3/c1-17(36)30-13-14-31-27(38)23-16-25(35(34-23)19-7-4-3-5-8-19)33-26(37)20-15-18(11-12-21(20)28)22-9-6-10-24(29-2)32-22/h3-12,15-16H,13-14H2,1-2H3,(H,29,32)(H,30,36)(H,31,38)(H,33,37). The summed E-state index contributed by atoms with van der Waals surface area (Å²) >= 11 is 6.40. The van der Waals surface area contributed by atoms with Crippen molar-refractivity contribution < 1.29 is 14.4 Å². The molecule has 4 N–H and O–H groups in total. The molecule has 2 aromatic carbocycles. The number of aromatic nitrogens is 3. The molecular weight excluding hydrogens is 506 g/mol. The SMILES string of the molecule is CNc1cccc(-c2ccc(Cl)c(C(=O)Nc3cc(C(=O)NCCNC(C)=O)nn3-c3ccccc3)c2)n1. The number of halogens is 1. The summed E-state index contributed by atoms with van der Waals surface area (Å²) in [7, 11) is 1.78. The molecule has 0 saturated heterocycles. The molecule has 0 atom stereocenters. The third-order valence-corrected chi connectivity index (χ3v) is 5.81. The van der Waals surface area contributed by atoms with Crippen molar-refractivity contribution in [1.82, 2.24) is 25.4 Å². The van der Waals surface area contributed by atoms with Gasteiger partial charge in [-0.15, -0.1) is 0 Å². The van der Waals surface area contributed by atoms with Crippen molar-refractivity contribution in [2.75, 3.05) is 30.8 Å². The molecule has 0 spiro atoms. The van der Waals surface area contributed by atoms with Crippen LogP contribution in [0.15, 0.2) is 72.8 Å². The van der Waals surface area contributed by atoms with E-state index in [2.05, 4.69) is 31.3 Å². The van der Waals surface area contributed by atoms with Gasteiger partial charge in [0.15, 0.2) is 5.69 Å². The molecular formula is C27H26ClN7O3. The molecule has 2 aromatic heterocycles. The number of nitrogens with zero attached hydrogens (tertiary/aromatic N) is 3. The number of carbonyl (C=O) groups excluding carboxylic acids is 3. The van der Waals surface area contributed by atoms with Crippen LogP contribution in [-0.4, -0.2) is 52.6 Å². The number of anilines is 2. The molecule has 0 saturated carbocycles. The molecule has 194 valence electrons. The number of pyridine rings is 1. The second-order valence-electron chi connectivity index (χ2n) is 8.21. The Balaban J connectivity index is 1.61. The van der Waals surface area contributed by atoms with E-state index in [1.54, 1.807) is 37.4 Å². The Morgan fingerprint density at radius 2 is 1.66 bits per heavy atom. The van der Waals surface area contributed by atoms with Gasteiger partial charge in [0.05, 0.1) is 22.0 Å². The zero-order chi connectivity index (χ0) is 27.1. The van der Waals surface area contributed by atoms with E-state index < -0.39 is 11.8 Å². The van der Waals surface area contributed by atoms with Crippen molar-refractivity contribution in [2.24, 2.45) is 0 Å². The normalized spacial score (nSPS) is 10.5. The number of benzene rings is 2. The molecule has 4 rings (SSSR count). The van der Waals surface area contributed by atoms with E-state index in [0.717, 1.165) is 0 Å². The molecule has 0 radical (unpaired) electrons. The van der Waals surface area contributed by atoms with Gasteiger partial charge in [-0.1, -0.05) is 41.9 Å². The molecule has 2 heterocycles. The third kappa shape index (κ3) is 6.34. The predicted molar refractivity (Wildman–Crippen MR) is 147 cm³/mol. The monoisotopic (exact) mass is 531 g/mol. The minimum Gasteiger partial charge on any atom is -0.373 e. The van der Waals surface area contributed by atoms with Crippen LogP contribution in [-0.2, 0) is 4.79 Å². The van der Waals surface area contributed by atoms with Crippen LogP contribution in [0.1, 0.15) is 27.8 Å². The first kappa shape index (κ1) is 26.4. The van der Waals surface area contributed by atoms with E-state index in [4.69, 9.17) is 11.6 Å².